The van der Waals surface area contributed by atoms with Crippen LogP contribution in [0, 0.1) is 5.92 Å². The van der Waals surface area contributed by atoms with E-state index >= 15 is 0 Å². The van der Waals surface area contributed by atoms with Gasteiger partial charge in [-0.25, -0.2) is 4.98 Å². The van der Waals surface area contributed by atoms with Gasteiger partial charge in [-0.2, -0.15) is 0 Å². The van der Waals surface area contributed by atoms with Crippen LogP contribution in [-0.2, 0) is 6.54 Å². The van der Waals surface area contributed by atoms with E-state index in [1.54, 1.807) is 0 Å². The zero-order valence-electron chi connectivity index (χ0n) is 13.7. The van der Waals surface area contributed by atoms with Crippen molar-refractivity contribution in [3.8, 4) is 0 Å². The van der Waals surface area contributed by atoms with Crippen molar-refractivity contribution >= 4 is 21.7 Å². The first kappa shape index (κ1) is 16.8. The number of nitrogens with one attached hydrogen (secondary N) is 1. The molecule has 21 heavy (non-hydrogen) atoms. The number of pyridine rings is 1. The molecule has 0 unspecified atom stereocenters. The third-order valence-corrected chi connectivity index (χ3v) is 4.64. The van der Waals surface area contributed by atoms with E-state index in [9.17, 15) is 0 Å². The van der Waals surface area contributed by atoms with Crippen molar-refractivity contribution in [3.05, 3.63) is 22.3 Å². The maximum absolute atomic E-state index is 4.69. The number of aromatic nitrogens is 1. The van der Waals surface area contributed by atoms with Gasteiger partial charge in [-0.15, -0.1) is 0 Å². The molecule has 118 valence electrons. The first-order valence-electron chi connectivity index (χ1n) is 8.03. The van der Waals surface area contributed by atoms with Gasteiger partial charge >= 0.3 is 0 Å². The maximum Gasteiger partial charge on any atom is 0.133 e. The lowest BCUT2D eigenvalue weighted by atomic mass is 9.94. The van der Waals surface area contributed by atoms with Crippen LogP contribution in [-0.4, -0.2) is 23.6 Å². The lowest BCUT2D eigenvalue weighted by Gasteiger charge is -2.34. The van der Waals surface area contributed by atoms with Crippen molar-refractivity contribution in [2.75, 3.05) is 18.0 Å². The van der Waals surface area contributed by atoms with Crippen molar-refractivity contribution in [2.45, 2.75) is 59.0 Å². The predicted molar refractivity (Wildman–Crippen MR) is 93.8 cm³/mol. The molecule has 1 fully saturated rings. The van der Waals surface area contributed by atoms with Crippen molar-refractivity contribution in [3.63, 3.8) is 0 Å². The molecule has 2 rings (SSSR count). The SMILES string of the molecule is CCC1CCN(c2ncc(Br)cc2CNC(C)(C)C)CC1. The van der Waals surface area contributed by atoms with Crippen LogP contribution in [0.25, 0.3) is 0 Å². The fourth-order valence-electron chi connectivity index (χ4n) is 2.80. The predicted octanol–water partition coefficient (Wildman–Crippen LogP) is 4.36. The molecular weight excluding hydrogens is 326 g/mol. The van der Waals surface area contributed by atoms with Crippen LogP contribution < -0.4 is 10.2 Å². The summed E-state index contributed by atoms with van der Waals surface area (Å²) in [7, 11) is 0. The zero-order valence-corrected chi connectivity index (χ0v) is 15.3. The van der Waals surface area contributed by atoms with Gasteiger partial charge in [0.2, 0.25) is 0 Å². The number of nitrogens with zero attached hydrogens (tertiary/aromatic N) is 2. The summed E-state index contributed by atoms with van der Waals surface area (Å²) in [5, 5.41) is 3.58. The Hall–Kier alpha value is -0.610. The molecule has 0 atom stereocenters. The highest BCUT2D eigenvalue weighted by Gasteiger charge is 2.21. The Kier molecular flexibility index (Phi) is 5.67. The van der Waals surface area contributed by atoms with Crippen LogP contribution in [0.15, 0.2) is 16.7 Å². The first-order chi connectivity index (χ1) is 9.89. The van der Waals surface area contributed by atoms with Gasteiger partial charge in [-0.3, -0.25) is 0 Å². The topological polar surface area (TPSA) is 28.2 Å². The monoisotopic (exact) mass is 353 g/mol. The fraction of sp³-hybridized carbons (Fsp3) is 0.706. The van der Waals surface area contributed by atoms with Crippen molar-refractivity contribution in [1.82, 2.24) is 10.3 Å². The molecule has 1 aliphatic heterocycles. The minimum atomic E-state index is 0.120. The van der Waals surface area contributed by atoms with Crippen molar-refractivity contribution in [2.24, 2.45) is 5.92 Å². The van der Waals surface area contributed by atoms with E-state index in [1.165, 1.54) is 24.8 Å². The van der Waals surface area contributed by atoms with Gasteiger partial charge in [0.05, 0.1) is 0 Å². The quantitative estimate of drug-likeness (QED) is 0.871. The molecule has 2 heterocycles. The molecule has 0 radical (unpaired) electrons. The number of anilines is 1. The van der Waals surface area contributed by atoms with E-state index in [2.05, 4.69) is 59.9 Å². The fourth-order valence-corrected chi connectivity index (χ4v) is 3.18. The van der Waals surface area contributed by atoms with E-state index < -0.39 is 0 Å². The Bertz CT molecular complexity index is 460. The highest BCUT2D eigenvalue weighted by atomic mass is 79.9. The van der Waals surface area contributed by atoms with Crippen LogP contribution >= 0.6 is 15.9 Å². The van der Waals surface area contributed by atoms with Gasteiger partial charge in [0.15, 0.2) is 0 Å². The van der Waals surface area contributed by atoms with E-state index in [1.807, 2.05) is 6.20 Å². The summed E-state index contributed by atoms with van der Waals surface area (Å²) in [5.74, 6) is 2.05. The minimum Gasteiger partial charge on any atom is -0.356 e. The number of halogens is 1. The summed E-state index contributed by atoms with van der Waals surface area (Å²) in [5.41, 5.74) is 1.41. The van der Waals surface area contributed by atoms with Gasteiger partial charge in [-0.05, 0) is 61.5 Å². The Labute approximate surface area is 137 Å². The molecule has 3 nitrogen and oxygen atoms in total. The summed E-state index contributed by atoms with van der Waals surface area (Å²) < 4.78 is 1.06. The lowest BCUT2D eigenvalue weighted by Crippen LogP contribution is -2.37. The third-order valence-electron chi connectivity index (χ3n) is 4.21. The number of hydrogen-bond acceptors (Lipinski definition) is 3. The van der Waals surface area contributed by atoms with Crippen LogP contribution in [0.1, 0.15) is 52.5 Å². The molecule has 0 saturated carbocycles. The van der Waals surface area contributed by atoms with Crippen LogP contribution in [0.2, 0.25) is 0 Å². The Morgan fingerprint density at radius 2 is 2.00 bits per heavy atom. The first-order valence-corrected chi connectivity index (χ1v) is 8.82. The standard InChI is InChI=1S/C17H28BrN3/c1-5-13-6-8-21(9-7-13)16-14(10-15(18)12-19-16)11-20-17(2,3)4/h10,12-13,20H,5-9,11H2,1-4H3. The average Bonchev–Trinajstić information content (AvgIpc) is 2.45. The molecule has 1 N–H and O–H groups in total. The van der Waals surface area contributed by atoms with Gasteiger partial charge in [-0.1, -0.05) is 13.3 Å². The van der Waals surface area contributed by atoms with Crippen LogP contribution in [0.5, 0.6) is 0 Å². The molecule has 0 aromatic carbocycles. The molecule has 0 spiro atoms. The molecular formula is C17H28BrN3. The molecule has 1 aromatic heterocycles. The number of piperidine rings is 1. The highest BCUT2D eigenvalue weighted by Crippen LogP contribution is 2.27. The van der Waals surface area contributed by atoms with Gasteiger partial charge in [0.1, 0.15) is 5.82 Å². The molecule has 1 aliphatic rings. The molecule has 4 heteroatoms. The smallest absolute Gasteiger partial charge is 0.133 e. The maximum atomic E-state index is 4.69. The Morgan fingerprint density at radius 3 is 2.57 bits per heavy atom. The summed E-state index contributed by atoms with van der Waals surface area (Å²) in [6.45, 7) is 12.0. The normalized spacial score (nSPS) is 17.3. The van der Waals surface area contributed by atoms with Crippen LogP contribution in [0.4, 0.5) is 5.82 Å². The highest BCUT2D eigenvalue weighted by molar-refractivity contribution is 9.10. The molecule has 0 bridgehead atoms. The van der Waals surface area contributed by atoms with Gasteiger partial charge < -0.3 is 10.2 Å². The summed E-state index contributed by atoms with van der Waals surface area (Å²) >= 11 is 3.55. The number of rotatable bonds is 4. The summed E-state index contributed by atoms with van der Waals surface area (Å²) in [6.07, 6.45) is 5.81. The zero-order chi connectivity index (χ0) is 15.5. The second kappa shape index (κ2) is 7.10. The molecule has 1 aromatic rings. The van der Waals surface area contributed by atoms with Crippen molar-refractivity contribution < 1.29 is 0 Å². The average molecular weight is 354 g/mol. The largest absolute Gasteiger partial charge is 0.356 e. The van der Waals surface area contributed by atoms with Gasteiger partial charge in [0, 0.05) is 41.4 Å². The van der Waals surface area contributed by atoms with E-state index in [0.29, 0.717) is 0 Å². The third kappa shape index (κ3) is 4.96. The lowest BCUT2D eigenvalue weighted by molar-refractivity contribution is 0.391. The molecule has 1 saturated heterocycles. The Morgan fingerprint density at radius 1 is 1.33 bits per heavy atom. The Balaban J connectivity index is 2.11. The summed E-state index contributed by atoms with van der Waals surface area (Å²) in [6, 6.07) is 2.20. The van der Waals surface area contributed by atoms with E-state index in [-0.39, 0.29) is 5.54 Å². The minimum absolute atomic E-state index is 0.120. The van der Waals surface area contributed by atoms with E-state index in [4.69, 9.17) is 4.98 Å². The van der Waals surface area contributed by atoms with Crippen molar-refractivity contribution in [1.29, 1.82) is 0 Å². The van der Waals surface area contributed by atoms with E-state index in [0.717, 1.165) is 35.8 Å². The number of hydrogen-bond donors (Lipinski definition) is 1. The summed E-state index contributed by atoms with van der Waals surface area (Å²) in [4.78, 5) is 7.15. The molecule has 0 aliphatic carbocycles. The second-order valence-electron chi connectivity index (χ2n) is 7.08. The second-order valence-corrected chi connectivity index (χ2v) is 7.99. The molecule has 0 amide bonds. The van der Waals surface area contributed by atoms with Gasteiger partial charge in [0.25, 0.3) is 0 Å². The van der Waals surface area contributed by atoms with Crippen LogP contribution in [0.3, 0.4) is 0 Å².